The van der Waals surface area contributed by atoms with Gasteiger partial charge in [0.05, 0.1) is 9.79 Å². The third kappa shape index (κ3) is 1.44. The lowest BCUT2D eigenvalue weighted by atomic mass is 10.3. The first-order chi connectivity index (χ1) is 8.35. The molecule has 0 atom stereocenters. The van der Waals surface area contributed by atoms with Crippen LogP contribution in [0.3, 0.4) is 0 Å². The highest BCUT2D eigenvalue weighted by molar-refractivity contribution is 8.18. The van der Waals surface area contributed by atoms with Crippen LogP contribution in [-0.4, -0.2) is 4.45 Å². The van der Waals surface area contributed by atoms with Gasteiger partial charge in [-0.3, -0.25) is 0 Å². The van der Waals surface area contributed by atoms with Crippen LogP contribution in [0.25, 0.3) is 0 Å². The molecule has 0 amide bonds. The van der Waals surface area contributed by atoms with E-state index in [0.717, 1.165) is 21.3 Å². The first-order valence-electron chi connectivity index (χ1n) is 5.29. The molecule has 0 fully saturated rings. The number of thioether (sulfide) groups is 2. The summed E-state index contributed by atoms with van der Waals surface area (Å²) in [5.41, 5.74) is 0. The smallest absolute Gasteiger partial charge is 0.363 e. The van der Waals surface area contributed by atoms with Gasteiger partial charge in [0, 0.05) is 0 Å². The molecular weight excluding hydrogens is 252 g/mol. The third-order valence-corrected chi connectivity index (χ3v) is 5.09. The Morgan fingerprint density at radius 2 is 1.18 bits per heavy atom. The minimum Gasteiger partial charge on any atom is -0.434 e. The van der Waals surface area contributed by atoms with Crippen LogP contribution < -0.4 is 9.47 Å². The number of benzene rings is 2. The van der Waals surface area contributed by atoms with Crippen molar-refractivity contribution in [2.24, 2.45) is 0 Å². The van der Waals surface area contributed by atoms with E-state index in [0.29, 0.717) is 0 Å². The Balaban J connectivity index is 1.72. The van der Waals surface area contributed by atoms with Gasteiger partial charge in [-0.2, -0.15) is 0 Å². The molecule has 2 aromatic carbocycles. The SMILES string of the molecule is c1ccc2c(c1)OC1(Oc3ccccc3S1)S2. The van der Waals surface area contributed by atoms with E-state index in [9.17, 15) is 0 Å². The van der Waals surface area contributed by atoms with Crippen molar-refractivity contribution in [1.82, 2.24) is 0 Å². The van der Waals surface area contributed by atoms with Crippen LogP contribution in [0.5, 0.6) is 11.5 Å². The molecule has 2 heterocycles. The maximum absolute atomic E-state index is 5.94. The summed E-state index contributed by atoms with van der Waals surface area (Å²) in [4.78, 5) is 2.26. The molecule has 17 heavy (non-hydrogen) atoms. The van der Waals surface area contributed by atoms with Gasteiger partial charge in [0.2, 0.25) is 0 Å². The number of rotatable bonds is 0. The molecule has 1 spiro atoms. The molecule has 0 radical (unpaired) electrons. The van der Waals surface area contributed by atoms with Crippen molar-refractivity contribution in [1.29, 1.82) is 0 Å². The van der Waals surface area contributed by atoms with Crippen LogP contribution >= 0.6 is 23.5 Å². The lowest BCUT2D eigenvalue weighted by Crippen LogP contribution is -2.28. The predicted molar refractivity (Wildman–Crippen MR) is 68.6 cm³/mol. The summed E-state index contributed by atoms with van der Waals surface area (Å²) in [6.45, 7) is 0. The van der Waals surface area contributed by atoms with Crippen molar-refractivity contribution in [3.63, 3.8) is 0 Å². The second-order valence-electron chi connectivity index (χ2n) is 3.80. The largest absolute Gasteiger partial charge is 0.434 e. The van der Waals surface area contributed by atoms with Crippen LogP contribution in [0.15, 0.2) is 58.3 Å². The molecule has 0 saturated carbocycles. The van der Waals surface area contributed by atoms with Crippen molar-refractivity contribution >= 4 is 23.5 Å². The van der Waals surface area contributed by atoms with Gasteiger partial charge in [-0.1, -0.05) is 24.3 Å². The summed E-state index contributed by atoms with van der Waals surface area (Å²) in [6.07, 6.45) is 0. The zero-order valence-electron chi connectivity index (χ0n) is 8.75. The van der Waals surface area contributed by atoms with Crippen molar-refractivity contribution < 1.29 is 9.47 Å². The molecule has 0 aliphatic carbocycles. The number of ether oxygens (including phenoxy) is 2. The maximum atomic E-state index is 5.94. The van der Waals surface area contributed by atoms with E-state index in [1.807, 2.05) is 36.4 Å². The highest BCUT2D eigenvalue weighted by atomic mass is 32.2. The molecule has 0 N–H and O–H groups in total. The topological polar surface area (TPSA) is 18.5 Å². The van der Waals surface area contributed by atoms with Crippen LogP contribution in [0.4, 0.5) is 0 Å². The van der Waals surface area contributed by atoms with Gasteiger partial charge in [0.15, 0.2) is 0 Å². The molecule has 2 nitrogen and oxygen atoms in total. The number of para-hydroxylation sites is 2. The summed E-state index contributed by atoms with van der Waals surface area (Å²) in [7, 11) is 0. The second-order valence-corrected chi connectivity index (χ2v) is 6.42. The standard InChI is InChI=1S/C13H8O2S2/c1-3-7-11-9(5-1)14-13(16-11)15-10-6-2-4-8-12(10)17-13/h1-8H. The molecule has 2 aromatic rings. The molecule has 4 heteroatoms. The van der Waals surface area contributed by atoms with Crippen LogP contribution in [0.1, 0.15) is 0 Å². The summed E-state index contributed by atoms with van der Waals surface area (Å²) >= 11 is 3.24. The highest BCUT2D eigenvalue weighted by Crippen LogP contribution is 2.60. The van der Waals surface area contributed by atoms with Crippen molar-refractivity contribution in [2.45, 2.75) is 14.2 Å². The number of hydrogen-bond acceptors (Lipinski definition) is 4. The average molecular weight is 260 g/mol. The van der Waals surface area contributed by atoms with Crippen molar-refractivity contribution in [2.75, 3.05) is 0 Å². The second kappa shape index (κ2) is 3.37. The van der Waals surface area contributed by atoms with Crippen LogP contribution in [0.2, 0.25) is 0 Å². The Bertz CT molecular complexity index is 490. The zero-order chi connectivity index (χ0) is 11.3. The van der Waals surface area contributed by atoms with Crippen molar-refractivity contribution in [3.8, 4) is 11.5 Å². The molecule has 2 aliphatic heterocycles. The Hall–Kier alpha value is -1.26. The molecule has 2 aliphatic rings. The van der Waals surface area contributed by atoms with Crippen molar-refractivity contribution in [3.05, 3.63) is 48.5 Å². The molecule has 0 saturated heterocycles. The van der Waals surface area contributed by atoms with Gasteiger partial charge in [0.1, 0.15) is 11.5 Å². The summed E-state index contributed by atoms with van der Waals surface area (Å²) in [5.74, 6) is 1.80. The third-order valence-electron chi connectivity index (χ3n) is 2.64. The fraction of sp³-hybridized carbons (Fsp3) is 0.0769. The van der Waals surface area contributed by atoms with Gasteiger partial charge in [0.25, 0.3) is 0 Å². The van der Waals surface area contributed by atoms with E-state index in [4.69, 9.17) is 9.47 Å². The Morgan fingerprint density at radius 1 is 0.706 bits per heavy atom. The van der Waals surface area contributed by atoms with E-state index in [1.54, 1.807) is 23.5 Å². The number of hydrogen-bond donors (Lipinski definition) is 0. The van der Waals surface area contributed by atoms with E-state index >= 15 is 0 Å². The van der Waals surface area contributed by atoms with Gasteiger partial charge in [-0.15, -0.1) is 0 Å². The summed E-state index contributed by atoms with van der Waals surface area (Å²) in [5, 5.41) is 0. The van der Waals surface area contributed by atoms with E-state index in [2.05, 4.69) is 12.1 Å². The van der Waals surface area contributed by atoms with Gasteiger partial charge in [-0.05, 0) is 47.8 Å². The lowest BCUT2D eigenvalue weighted by Gasteiger charge is -2.19. The quantitative estimate of drug-likeness (QED) is 0.713. The molecule has 0 bridgehead atoms. The number of fused-ring (bicyclic) bond motifs is 2. The van der Waals surface area contributed by atoms with Gasteiger partial charge < -0.3 is 9.47 Å². The van der Waals surface area contributed by atoms with Crippen LogP contribution in [-0.2, 0) is 0 Å². The molecule has 4 rings (SSSR count). The first-order valence-corrected chi connectivity index (χ1v) is 6.92. The fourth-order valence-electron chi connectivity index (χ4n) is 1.90. The van der Waals surface area contributed by atoms with E-state index in [1.165, 1.54) is 0 Å². The Morgan fingerprint density at radius 3 is 1.65 bits per heavy atom. The van der Waals surface area contributed by atoms with Gasteiger partial charge >= 0.3 is 4.45 Å². The minimum atomic E-state index is -0.659. The van der Waals surface area contributed by atoms with E-state index < -0.39 is 4.45 Å². The average Bonchev–Trinajstić information content (AvgIpc) is 2.87. The molecule has 84 valence electrons. The molecular formula is C13H8O2S2. The van der Waals surface area contributed by atoms with Gasteiger partial charge in [-0.25, -0.2) is 0 Å². The highest BCUT2D eigenvalue weighted by Gasteiger charge is 2.49. The van der Waals surface area contributed by atoms with E-state index in [-0.39, 0.29) is 0 Å². The normalized spacial score (nSPS) is 18.4. The van der Waals surface area contributed by atoms with Crippen LogP contribution in [0, 0.1) is 0 Å². The Labute approximate surface area is 107 Å². The fourth-order valence-corrected chi connectivity index (χ4v) is 4.38. The lowest BCUT2D eigenvalue weighted by molar-refractivity contribution is 0.0639. The molecule has 0 unspecified atom stereocenters. The minimum absolute atomic E-state index is 0.659. The predicted octanol–water partition coefficient (Wildman–Crippen LogP) is 3.97. The first kappa shape index (κ1) is 9.74. The maximum Gasteiger partial charge on any atom is 0.363 e. The molecule has 0 aromatic heterocycles. The zero-order valence-corrected chi connectivity index (χ0v) is 10.4. The monoisotopic (exact) mass is 260 g/mol. The summed E-state index contributed by atoms with van der Waals surface area (Å²) < 4.78 is 11.2. The summed E-state index contributed by atoms with van der Waals surface area (Å²) in [6, 6.07) is 16.1. The Kier molecular flexibility index (Phi) is 1.93.